The van der Waals surface area contributed by atoms with Crippen molar-refractivity contribution in [3.8, 4) is 0 Å². The lowest BCUT2D eigenvalue weighted by Crippen LogP contribution is -2.42. The van der Waals surface area contributed by atoms with Crippen LogP contribution in [0.1, 0.15) is 0 Å². The summed E-state index contributed by atoms with van der Waals surface area (Å²) < 4.78 is -3.08. The molecule has 136 valence electrons. The predicted molar refractivity (Wildman–Crippen MR) is 68.9 cm³/mol. The Morgan fingerprint density at radius 1 is 0.692 bits per heavy atom. The molecule has 0 fully saturated rings. The van der Waals surface area contributed by atoms with Crippen LogP contribution in [0.15, 0.2) is 0 Å². The second kappa shape index (κ2) is 5.39. The summed E-state index contributed by atoms with van der Waals surface area (Å²) in [6, 6.07) is 0. The van der Waals surface area contributed by atoms with Crippen LogP contribution in [0, 0.1) is 61.0 Å². The van der Waals surface area contributed by atoms with Crippen molar-refractivity contribution in [2.75, 3.05) is 0 Å². The van der Waals surface area contributed by atoms with Crippen molar-refractivity contribution in [3.63, 3.8) is 0 Å². The number of nitro groups is 5. The number of hydrogen-bond donors (Lipinski definition) is 0. The Labute approximate surface area is 135 Å². The van der Waals surface area contributed by atoms with Crippen LogP contribution < -0.4 is 9.46 Å². The molecule has 0 aliphatic rings. The van der Waals surface area contributed by atoms with E-state index in [1.165, 1.54) is 0 Å². The minimum atomic E-state index is -2.13. The van der Waals surface area contributed by atoms with Crippen LogP contribution in [0.2, 0.25) is 0 Å². The van der Waals surface area contributed by atoms with Gasteiger partial charge in [-0.25, -0.2) is 10.1 Å². The molecule has 0 aromatic carbocycles. The molecular formula is C6N8O12. The second-order valence-electron chi connectivity index (χ2n) is 4.16. The molecule has 0 saturated carbocycles. The van der Waals surface area contributed by atoms with Gasteiger partial charge >= 0.3 is 34.3 Å². The molecule has 2 aromatic heterocycles. The first-order valence-electron chi connectivity index (χ1n) is 5.63. The molecule has 0 atom stereocenters. The predicted octanol–water partition coefficient (Wildman–Crippen LogP) is -1.42. The molecule has 0 unspecified atom stereocenters. The summed E-state index contributed by atoms with van der Waals surface area (Å²) in [6.45, 7) is 0. The van der Waals surface area contributed by atoms with E-state index in [1.54, 1.807) is 0 Å². The molecule has 0 bridgehead atoms. The summed E-state index contributed by atoms with van der Waals surface area (Å²) in [5.41, 5.74) is -7.71. The van der Waals surface area contributed by atoms with E-state index in [1.807, 2.05) is 0 Å². The number of nitrogens with zero attached hydrogens (tertiary/aromatic N) is 8. The molecule has 2 aromatic rings. The van der Waals surface area contributed by atoms with Crippen molar-refractivity contribution < 1.29 is 34.2 Å². The Kier molecular flexibility index (Phi) is 3.64. The fourth-order valence-electron chi connectivity index (χ4n) is 2.08. The van der Waals surface area contributed by atoms with Gasteiger partial charge in [0.1, 0.15) is 4.92 Å². The second-order valence-corrected chi connectivity index (χ2v) is 4.16. The van der Waals surface area contributed by atoms with Gasteiger partial charge in [0.25, 0.3) is 5.03 Å². The van der Waals surface area contributed by atoms with Crippen LogP contribution in [0.4, 0.5) is 23.1 Å². The molecule has 0 aliphatic carbocycles. The zero-order valence-corrected chi connectivity index (χ0v) is 11.5. The van der Waals surface area contributed by atoms with Crippen molar-refractivity contribution >= 4 is 34.3 Å². The molecule has 0 N–H and O–H groups in total. The standard InChI is InChI=1S/C6N8O12/c15-8-4-2(7(14(25)26)6(9(4)16)13(23)24)1(10(17)18)3(11(19)20)5(8)12(21)22. The van der Waals surface area contributed by atoms with E-state index in [9.17, 15) is 61.0 Å². The first kappa shape index (κ1) is 17.6. The summed E-state index contributed by atoms with van der Waals surface area (Å²) in [6.07, 6.45) is 0. The summed E-state index contributed by atoms with van der Waals surface area (Å²) in [5.74, 6) is -4.19. The van der Waals surface area contributed by atoms with Gasteiger partial charge in [-0.15, -0.1) is 0 Å². The Morgan fingerprint density at radius 2 is 1.19 bits per heavy atom. The quantitative estimate of drug-likeness (QED) is 0.251. The van der Waals surface area contributed by atoms with E-state index < -0.39 is 73.2 Å². The molecule has 26 heavy (non-hydrogen) atoms. The SMILES string of the molecule is O=[N+]([O-])c1c([N+](=O)[O-])c2c([n+]([O-])c1[N+](=O)[O-])[n+]([O-])c([N+](=O)[O-])n2[N+](=O)[O-]. The Balaban J connectivity index is 3.42. The number of rotatable bonds is 5. The normalized spacial score (nSPS) is 10.6. The summed E-state index contributed by atoms with van der Waals surface area (Å²) in [7, 11) is 0. The van der Waals surface area contributed by atoms with E-state index in [0.29, 0.717) is 0 Å². The first-order chi connectivity index (χ1) is 11.9. The van der Waals surface area contributed by atoms with Gasteiger partial charge in [0, 0.05) is 0 Å². The minimum absolute atomic E-state index is 0.856. The summed E-state index contributed by atoms with van der Waals surface area (Å²) in [5, 5.41) is 77.0. The van der Waals surface area contributed by atoms with E-state index in [2.05, 4.69) is 0 Å². The molecule has 2 rings (SSSR count). The van der Waals surface area contributed by atoms with Crippen LogP contribution in [-0.4, -0.2) is 29.4 Å². The van der Waals surface area contributed by atoms with Crippen LogP contribution >= 0.6 is 0 Å². The van der Waals surface area contributed by atoms with Gasteiger partial charge in [0.15, 0.2) is 4.68 Å². The molecule has 0 spiro atoms. The molecule has 0 aliphatic heterocycles. The number of aromatic nitrogens is 3. The zero-order valence-electron chi connectivity index (χ0n) is 11.5. The molecule has 0 saturated heterocycles. The van der Waals surface area contributed by atoms with E-state index in [0.717, 1.165) is 0 Å². The van der Waals surface area contributed by atoms with Gasteiger partial charge in [-0.2, -0.15) is 0 Å². The van der Waals surface area contributed by atoms with Crippen molar-refractivity contribution in [2.45, 2.75) is 0 Å². The molecule has 2 heterocycles. The maximum Gasteiger partial charge on any atom is 0.657 e. The van der Waals surface area contributed by atoms with Crippen LogP contribution in [0.25, 0.3) is 11.2 Å². The molecule has 0 radical (unpaired) electrons. The smallest absolute Gasteiger partial charge is 0.657 e. The van der Waals surface area contributed by atoms with Crippen molar-refractivity contribution in [1.82, 2.24) is 4.68 Å². The van der Waals surface area contributed by atoms with Crippen molar-refractivity contribution in [1.29, 1.82) is 0 Å². The third-order valence-corrected chi connectivity index (χ3v) is 2.90. The van der Waals surface area contributed by atoms with Crippen LogP contribution in [0.5, 0.6) is 0 Å². The Morgan fingerprint density at radius 3 is 1.54 bits per heavy atom. The first-order valence-corrected chi connectivity index (χ1v) is 5.63. The zero-order chi connectivity index (χ0) is 20.1. The van der Waals surface area contributed by atoms with Gasteiger partial charge in [-0.05, 0) is 4.73 Å². The van der Waals surface area contributed by atoms with E-state index in [-0.39, 0.29) is 0 Å². The number of hydrogen-bond acceptors (Lipinski definition) is 12. The monoisotopic (exact) mass is 376 g/mol. The summed E-state index contributed by atoms with van der Waals surface area (Å²) in [4.78, 5) is 48.0. The van der Waals surface area contributed by atoms with Crippen LogP contribution in [0.3, 0.4) is 0 Å². The topological polar surface area (TPSA) is 275 Å². The lowest BCUT2D eigenvalue weighted by molar-refractivity contribution is -0.739. The molecular weight excluding hydrogens is 376 g/mol. The van der Waals surface area contributed by atoms with Gasteiger partial charge in [0.05, 0.1) is 14.8 Å². The highest BCUT2D eigenvalue weighted by molar-refractivity contribution is 5.86. The van der Waals surface area contributed by atoms with Gasteiger partial charge in [0.2, 0.25) is 0 Å². The average Bonchev–Trinajstić information content (AvgIpc) is 2.79. The average molecular weight is 376 g/mol. The fraction of sp³-hybridized carbons (Fsp3) is 0. The minimum Gasteiger partial charge on any atom is -0.670 e. The maximum atomic E-state index is 12.0. The van der Waals surface area contributed by atoms with Crippen LogP contribution in [-0.2, 0) is 0 Å². The largest absolute Gasteiger partial charge is 0.670 e. The van der Waals surface area contributed by atoms with Gasteiger partial charge < -0.3 is 20.5 Å². The molecule has 0 amide bonds. The van der Waals surface area contributed by atoms with E-state index >= 15 is 0 Å². The highest BCUT2D eigenvalue weighted by Gasteiger charge is 2.60. The lowest BCUT2D eigenvalue weighted by atomic mass is 10.3. The van der Waals surface area contributed by atoms with E-state index in [4.69, 9.17) is 0 Å². The number of fused-ring (bicyclic) bond motifs is 1. The van der Waals surface area contributed by atoms with Gasteiger partial charge in [-0.1, -0.05) is 4.73 Å². The Hall–Kier alpha value is -4.78. The highest BCUT2D eigenvalue weighted by atomic mass is 16.7. The molecule has 20 heteroatoms. The Bertz CT molecular complexity index is 1050. The molecule has 20 nitrogen and oxygen atoms in total. The third kappa shape index (κ3) is 2.09. The lowest BCUT2D eigenvalue weighted by Gasteiger charge is -1.98. The summed E-state index contributed by atoms with van der Waals surface area (Å²) >= 11 is 0. The number of pyridine rings is 1. The van der Waals surface area contributed by atoms with Crippen molar-refractivity contribution in [2.24, 2.45) is 0 Å². The number of imidazole rings is 1. The van der Waals surface area contributed by atoms with Crippen molar-refractivity contribution in [3.05, 3.63) is 61.0 Å². The third-order valence-electron chi connectivity index (χ3n) is 2.90. The maximum absolute atomic E-state index is 12.0. The fourth-order valence-corrected chi connectivity index (χ4v) is 2.08. The highest BCUT2D eigenvalue weighted by Crippen LogP contribution is 2.39. The van der Waals surface area contributed by atoms with Gasteiger partial charge in [-0.3, -0.25) is 30.3 Å².